The number of nitrogens with two attached hydrogens (primary N) is 1. The average molecular weight is 502 g/mol. The van der Waals surface area contributed by atoms with E-state index in [1.807, 2.05) is 6.92 Å². The summed E-state index contributed by atoms with van der Waals surface area (Å²) in [6.07, 6.45) is 2.81. The number of unbranched alkanes of at least 4 members (excludes halogenated alkanes) is 2. The third kappa shape index (κ3) is 11.3. The van der Waals surface area contributed by atoms with Crippen molar-refractivity contribution < 1.29 is 43.7 Å². The molecular weight excluding hydrogens is 470 g/mol. The highest BCUT2D eigenvalue weighted by Gasteiger charge is 2.30. The predicted octanol–water partition coefficient (Wildman–Crippen LogP) is -0.0539. The van der Waals surface area contributed by atoms with Crippen molar-refractivity contribution in [1.82, 2.24) is 10.6 Å². The van der Waals surface area contributed by atoms with E-state index in [2.05, 4.69) is 10.6 Å². The maximum absolute atomic E-state index is 12.4. The summed E-state index contributed by atoms with van der Waals surface area (Å²) in [4.78, 5) is 70.6. The van der Waals surface area contributed by atoms with Crippen molar-refractivity contribution in [3.63, 3.8) is 0 Å². The van der Waals surface area contributed by atoms with Crippen molar-refractivity contribution in [2.45, 2.75) is 70.1 Å². The second-order valence-corrected chi connectivity index (χ2v) is 8.82. The second-order valence-electron chi connectivity index (χ2n) is 7.67. The number of aliphatic carboxylic acids is 2. The molecule has 34 heavy (non-hydrogen) atoms. The molecule has 0 aliphatic heterocycles. The van der Waals surface area contributed by atoms with Gasteiger partial charge in [-0.1, -0.05) is 19.8 Å². The Hall–Kier alpha value is -2.93. The zero-order valence-electron chi connectivity index (χ0n) is 18.9. The highest BCUT2D eigenvalue weighted by atomic mass is 32.2. The Morgan fingerprint density at radius 3 is 2.53 bits per heavy atom. The summed E-state index contributed by atoms with van der Waals surface area (Å²) in [5.41, 5.74) is 5.37. The lowest BCUT2D eigenvalue weighted by molar-refractivity contribution is -0.151. The number of rotatable bonds is 16. The Morgan fingerprint density at radius 1 is 1.21 bits per heavy atom. The molecule has 0 spiro atoms. The van der Waals surface area contributed by atoms with Crippen molar-refractivity contribution >= 4 is 47.3 Å². The maximum atomic E-state index is 12.4. The minimum Gasteiger partial charge on any atom is -0.480 e. The number of hydrogen-bond donors (Lipinski definition) is 5. The van der Waals surface area contributed by atoms with Gasteiger partial charge < -0.3 is 31.3 Å². The summed E-state index contributed by atoms with van der Waals surface area (Å²) in [5.74, 6) is -4.73. The van der Waals surface area contributed by atoms with Crippen molar-refractivity contribution in [3.05, 3.63) is 11.0 Å². The molecule has 3 unspecified atom stereocenters. The molecule has 0 aromatic carbocycles. The first-order chi connectivity index (χ1) is 16.0. The number of carbonyl (C=O) groups excluding carboxylic acids is 4. The lowest BCUT2D eigenvalue weighted by Gasteiger charge is -2.18. The first-order valence-corrected chi connectivity index (χ1v) is 11.8. The lowest BCUT2D eigenvalue weighted by atomic mass is 10.1. The monoisotopic (exact) mass is 501 g/mol. The highest BCUT2D eigenvalue weighted by Crippen LogP contribution is 2.29. The van der Waals surface area contributed by atoms with Crippen LogP contribution in [0.25, 0.3) is 0 Å². The topological polar surface area (TPSA) is 202 Å². The van der Waals surface area contributed by atoms with Gasteiger partial charge in [-0.05, 0) is 23.8 Å². The zero-order chi connectivity index (χ0) is 25.7. The number of esters is 1. The fraction of sp³-hybridized carbons (Fsp3) is 0.619. The van der Waals surface area contributed by atoms with E-state index in [9.17, 15) is 28.8 Å². The van der Waals surface area contributed by atoms with Crippen LogP contribution in [0, 0.1) is 0 Å². The minimum absolute atomic E-state index is 0.00243. The second kappa shape index (κ2) is 15.1. The van der Waals surface area contributed by atoms with Crippen LogP contribution in [-0.2, 0) is 33.5 Å². The third-order valence-corrected chi connectivity index (χ3v) is 5.90. The zero-order valence-corrected chi connectivity index (χ0v) is 19.7. The first-order valence-electron chi connectivity index (χ1n) is 10.9. The predicted molar refractivity (Wildman–Crippen MR) is 122 cm³/mol. The Bertz CT molecular complexity index is 815. The number of amides is 2. The van der Waals surface area contributed by atoms with Crippen LogP contribution in [0.5, 0.6) is 0 Å². The van der Waals surface area contributed by atoms with Gasteiger partial charge in [0.25, 0.3) is 0 Å². The Morgan fingerprint density at radius 2 is 1.91 bits per heavy atom. The molecule has 0 heterocycles. The van der Waals surface area contributed by atoms with Gasteiger partial charge in [-0.25, -0.2) is 0 Å². The number of carbonyl (C=O) groups is 6. The molecule has 0 aromatic rings. The van der Waals surface area contributed by atoms with Crippen molar-refractivity contribution in [2.75, 3.05) is 12.3 Å². The van der Waals surface area contributed by atoms with Gasteiger partial charge in [-0.15, -0.1) is 11.8 Å². The molecule has 190 valence electrons. The number of carboxylic acids is 2. The van der Waals surface area contributed by atoms with Crippen molar-refractivity contribution in [2.24, 2.45) is 5.73 Å². The molecule has 6 N–H and O–H groups in total. The first kappa shape index (κ1) is 29.1. The van der Waals surface area contributed by atoms with Gasteiger partial charge in [-0.3, -0.25) is 28.8 Å². The van der Waals surface area contributed by atoms with E-state index < -0.39 is 54.5 Å². The van der Waals surface area contributed by atoms with E-state index in [0.717, 1.165) is 24.6 Å². The molecule has 13 heteroatoms. The fourth-order valence-electron chi connectivity index (χ4n) is 2.85. The standard InChI is InChI=1S/C21H31N3O9S/c1-2-3-4-5-19(29)33-16-9-12(8-15(16)25)34-11-14(20(30)23-10-18(27)28)24-17(26)7-6-13(22)21(31)32/h9,13-14,16H,2-8,10-11,22H2,1H3,(H,23,30)(H,24,26)(H,27,28)(H,31,32). The molecule has 1 aliphatic carbocycles. The summed E-state index contributed by atoms with van der Waals surface area (Å²) < 4.78 is 5.21. The van der Waals surface area contributed by atoms with Crippen LogP contribution in [0.15, 0.2) is 11.0 Å². The normalized spacial score (nSPS) is 16.8. The number of Topliss-reactive ketones (excluding diaryl/α,β-unsaturated/α-hetero) is 1. The summed E-state index contributed by atoms with van der Waals surface area (Å²) in [7, 11) is 0. The van der Waals surface area contributed by atoms with Crippen molar-refractivity contribution in [1.29, 1.82) is 0 Å². The summed E-state index contributed by atoms with van der Waals surface area (Å²) in [5, 5.41) is 22.2. The van der Waals surface area contributed by atoms with Crippen LogP contribution in [0.2, 0.25) is 0 Å². The minimum atomic E-state index is -1.27. The van der Waals surface area contributed by atoms with Gasteiger partial charge in [0, 0.05) is 25.0 Å². The summed E-state index contributed by atoms with van der Waals surface area (Å²) in [6.45, 7) is 1.34. The van der Waals surface area contributed by atoms with Crippen LogP contribution in [0.4, 0.5) is 0 Å². The van der Waals surface area contributed by atoms with E-state index in [1.165, 1.54) is 6.08 Å². The van der Waals surface area contributed by atoms with Gasteiger partial charge in [0.05, 0.1) is 0 Å². The number of ketones is 1. The van der Waals surface area contributed by atoms with Gasteiger partial charge in [-0.2, -0.15) is 0 Å². The molecular formula is C21H31N3O9S. The van der Waals surface area contributed by atoms with E-state index in [4.69, 9.17) is 20.7 Å². The van der Waals surface area contributed by atoms with Crippen molar-refractivity contribution in [3.8, 4) is 0 Å². The fourth-order valence-corrected chi connectivity index (χ4v) is 3.93. The molecule has 0 aromatic heterocycles. The van der Waals surface area contributed by atoms with Crippen LogP contribution in [0.3, 0.4) is 0 Å². The molecule has 0 saturated heterocycles. The molecule has 12 nitrogen and oxygen atoms in total. The SMILES string of the molecule is CCCCCC(=O)OC1C=C(SCC(NC(=O)CCC(N)C(=O)O)C(=O)NCC(=O)O)CC1=O. The number of ether oxygens (including phenoxy) is 1. The summed E-state index contributed by atoms with van der Waals surface area (Å²) >= 11 is 1.09. The van der Waals surface area contributed by atoms with Gasteiger partial charge in [0.15, 0.2) is 11.9 Å². The molecule has 0 fully saturated rings. The molecule has 1 rings (SSSR count). The Labute approximate surface area is 201 Å². The molecule has 0 radical (unpaired) electrons. The number of nitrogens with one attached hydrogen (secondary N) is 2. The van der Waals surface area contributed by atoms with E-state index >= 15 is 0 Å². The van der Waals surface area contributed by atoms with E-state index in [-0.39, 0.29) is 37.2 Å². The molecule has 1 aliphatic rings. The third-order valence-electron chi connectivity index (χ3n) is 4.75. The Balaban J connectivity index is 2.69. The quantitative estimate of drug-likeness (QED) is 0.140. The summed E-state index contributed by atoms with van der Waals surface area (Å²) in [6, 6.07) is -2.39. The molecule has 0 bridgehead atoms. The van der Waals surface area contributed by atoms with E-state index in [1.54, 1.807) is 0 Å². The van der Waals surface area contributed by atoms with Gasteiger partial charge in [0.2, 0.25) is 11.8 Å². The lowest BCUT2D eigenvalue weighted by Crippen LogP contribution is -2.49. The molecule has 0 saturated carbocycles. The highest BCUT2D eigenvalue weighted by molar-refractivity contribution is 8.03. The maximum Gasteiger partial charge on any atom is 0.322 e. The van der Waals surface area contributed by atoms with E-state index in [0.29, 0.717) is 11.3 Å². The molecule has 2 amide bonds. The van der Waals surface area contributed by atoms with Crippen LogP contribution >= 0.6 is 11.8 Å². The van der Waals surface area contributed by atoms with Crippen LogP contribution in [-0.4, -0.2) is 76.2 Å². The molecule has 3 atom stereocenters. The average Bonchev–Trinajstić information content (AvgIpc) is 3.12. The van der Waals surface area contributed by atoms with Gasteiger partial charge >= 0.3 is 17.9 Å². The number of thioether (sulfide) groups is 1. The number of allylic oxidation sites excluding steroid dienone is 1. The van der Waals surface area contributed by atoms with Crippen LogP contribution in [0.1, 0.15) is 51.9 Å². The largest absolute Gasteiger partial charge is 0.480 e. The van der Waals surface area contributed by atoms with Gasteiger partial charge in [0.1, 0.15) is 18.6 Å². The number of carboxylic acid groups (broad SMARTS) is 2. The van der Waals surface area contributed by atoms with Crippen LogP contribution < -0.4 is 16.4 Å². The smallest absolute Gasteiger partial charge is 0.322 e. The number of hydrogen-bond acceptors (Lipinski definition) is 9. The Kier molecular flexibility index (Phi) is 12.9.